The lowest BCUT2D eigenvalue weighted by atomic mass is 10.1. The number of carbonyl (C=O) groups is 2. The van der Waals surface area contributed by atoms with Crippen molar-refractivity contribution in [3.8, 4) is 11.4 Å². The Labute approximate surface area is 158 Å². The third kappa shape index (κ3) is 4.89. The number of benzene rings is 1. The molecule has 0 unspecified atom stereocenters. The summed E-state index contributed by atoms with van der Waals surface area (Å²) >= 11 is 5.78. The molecule has 3 rings (SSSR count). The molecular weight excluding hydrogens is 372 g/mol. The summed E-state index contributed by atoms with van der Waals surface area (Å²) in [4.78, 5) is 42.2. The molecule has 1 amide bonds. The highest BCUT2D eigenvalue weighted by Crippen LogP contribution is 2.12. The average molecular weight is 387 g/mol. The molecule has 9 heteroatoms. The molecular formula is C18H15ClN4O4. The Hall–Kier alpha value is -3.26. The van der Waals surface area contributed by atoms with Crippen molar-refractivity contribution in [2.45, 2.75) is 19.4 Å². The fraction of sp³-hybridized carbons (Fsp3) is 0.167. The lowest BCUT2D eigenvalue weighted by Gasteiger charge is -2.03. The zero-order valence-electron chi connectivity index (χ0n) is 14.1. The van der Waals surface area contributed by atoms with E-state index in [0.717, 1.165) is 0 Å². The second-order valence-corrected chi connectivity index (χ2v) is 6.07. The van der Waals surface area contributed by atoms with Gasteiger partial charge in [0.15, 0.2) is 5.78 Å². The highest BCUT2D eigenvalue weighted by atomic mass is 35.5. The fourth-order valence-corrected chi connectivity index (χ4v) is 2.43. The van der Waals surface area contributed by atoms with E-state index in [4.69, 9.17) is 16.1 Å². The molecule has 0 bridgehead atoms. The van der Waals surface area contributed by atoms with Crippen molar-refractivity contribution >= 4 is 23.3 Å². The molecule has 0 aliphatic heterocycles. The standard InChI is InChI=1S/C18H15ClN4O4/c19-12-5-3-11(4-6-12)14(24)7-8-15(25)21-10-16-22-17(23-27-16)13-2-1-9-20-18(13)26/h1-6,9H,7-8,10H2,(H,20,26)(H,21,25). The van der Waals surface area contributed by atoms with Gasteiger partial charge in [0.2, 0.25) is 17.6 Å². The second-order valence-electron chi connectivity index (χ2n) is 5.63. The van der Waals surface area contributed by atoms with E-state index in [-0.39, 0.29) is 53.9 Å². The molecule has 1 aromatic carbocycles. The molecule has 3 aromatic rings. The number of hydrogen-bond donors (Lipinski definition) is 2. The Morgan fingerprint density at radius 1 is 1.15 bits per heavy atom. The highest BCUT2D eigenvalue weighted by molar-refractivity contribution is 6.30. The van der Waals surface area contributed by atoms with Gasteiger partial charge in [-0.1, -0.05) is 16.8 Å². The zero-order chi connectivity index (χ0) is 19.2. The number of pyridine rings is 1. The number of aromatic nitrogens is 3. The molecule has 8 nitrogen and oxygen atoms in total. The van der Waals surface area contributed by atoms with Gasteiger partial charge in [-0.15, -0.1) is 0 Å². The number of aromatic amines is 1. The highest BCUT2D eigenvalue weighted by Gasteiger charge is 2.13. The Bertz CT molecular complexity index is 1010. The number of halogens is 1. The molecule has 138 valence electrons. The minimum atomic E-state index is -0.338. The third-order valence-electron chi connectivity index (χ3n) is 3.71. The maximum atomic E-state index is 12.0. The molecule has 0 atom stereocenters. The number of nitrogens with zero attached hydrogens (tertiary/aromatic N) is 2. The second kappa shape index (κ2) is 8.41. The van der Waals surface area contributed by atoms with Crippen molar-refractivity contribution < 1.29 is 14.1 Å². The van der Waals surface area contributed by atoms with Crippen LogP contribution >= 0.6 is 11.6 Å². The van der Waals surface area contributed by atoms with Crippen LogP contribution < -0.4 is 10.9 Å². The summed E-state index contributed by atoms with van der Waals surface area (Å²) in [5.74, 6) is -0.176. The SMILES string of the molecule is O=C(CCC(=O)c1ccc(Cl)cc1)NCc1nc(-c2ccc[nH]c2=O)no1. The normalized spacial score (nSPS) is 10.6. The smallest absolute Gasteiger partial charge is 0.259 e. The van der Waals surface area contributed by atoms with Crippen LogP contribution in [0.25, 0.3) is 11.4 Å². The molecule has 0 saturated carbocycles. The van der Waals surface area contributed by atoms with Crippen LogP contribution in [0.1, 0.15) is 29.1 Å². The number of carbonyl (C=O) groups excluding carboxylic acids is 2. The first kappa shape index (κ1) is 18.5. The van der Waals surface area contributed by atoms with Crippen molar-refractivity contribution in [1.82, 2.24) is 20.4 Å². The van der Waals surface area contributed by atoms with Crippen molar-refractivity contribution in [2.24, 2.45) is 0 Å². The van der Waals surface area contributed by atoms with Gasteiger partial charge in [-0.3, -0.25) is 14.4 Å². The predicted molar refractivity (Wildman–Crippen MR) is 97.2 cm³/mol. The van der Waals surface area contributed by atoms with Gasteiger partial charge in [0.25, 0.3) is 5.56 Å². The lowest BCUT2D eigenvalue weighted by molar-refractivity contribution is -0.121. The van der Waals surface area contributed by atoms with E-state index in [1.165, 1.54) is 6.20 Å². The molecule has 0 saturated heterocycles. The first-order valence-electron chi connectivity index (χ1n) is 8.09. The van der Waals surface area contributed by atoms with E-state index in [0.29, 0.717) is 10.6 Å². The maximum Gasteiger partial charge on any atom is 0.259 e. The van der Waals surface area contributed by atoms with E-state index < -0.39 is 0 Å². The summed E-state index contributed by atoms with van der Waals surface area (Å²) in [6.07, 6.45) is 1.60. The largest absolute Gasteiger partial charge is 0.347 e. The van der Waals surface area contributed by atoms with Gasteiger partial charge in [-0.05, 0) is 36.4 Å². The topological polar surface area (TPSA) is 118 Å². The number of hydrogen-bond acceptors (Lipinski definition) is 6. The van der Waals surface area contributed by atoms with Crippen LogP contribution in [0.2, 0.25) is 5.02 Å². The summed E-state index contributed by atoms with van der Waals surface area (Å²) in [6.45, 7) is 0.00566. The quantitative estimate of drug-likeness (QED) is 0.602. The molecule has 27 heavy (non-hydrogen) atoms. The van der Waals surface area contributed by atoms with E-state index >= 15 is 0 Å². The molecule has 0 aliphatic carbocycles. The van der Waals surface area contributed by atoms with E-state index in [9.17, 15) is 14.4 Å². The molecule has 2 heterocycles. The number of ketones is 1. The van der Waals surface area contributed by atoms with Crippen LogP contribution in [-0.2, 0) is 11.3 Å². The van der Waals surface area contributed by atoms with E-state index in [2.05, 4.69) is 20.4 Å². The predicted octanol–water partition coefficient (Wildman–Crippen LogP) is 2.36. The summed E-state index contributed by atoms with van der Waals surface area (Å²) in [5, 5.41) is 6.87. The molecule has 0 radical (unpaired) electrons. The fourth-order valence-electron chi connectivity index (χ4n) is 2.30. The van der Waals surface area contributed by atoms with Gasteiger partial charge in [0.05, 0.1) is 12.1 Å². The van der Waals surface area contributed by atoms with Crippen molar-refractivity contribution in [3.63, 3.8) is 0 Å². The monoisotopic (exact) mass is 386 g/mol. The van der Waals surface area contributed by atoms with Crippen LogP contribution in [0.3, 0.4) is 0 Å². The van der Waals surface area contributed by atoms with Crippen molar-refractivity contribution in [3.05, 3.63) is 69.4 Å². The summed E-state index contributed by atoms with van der Waals surface area (Å²) in [5.41, 5.74) is 0.434. The molecule has 0 aliphatic rings. The summed E-state index contributed by atoms with van der Waals surface area (Å²) in [6, 6.07) is 9.70. The number of rotatable bonds is 7. The molecule has 0 spiro atoms. The van der Waals surface area contributed by atoms with Gasteiger partial charge in [0, 0.05) is 29.6 Å². The van der Waals surface area contributed by atoms with Crippen LogP contribution in [0.4, 0.5) is 0 Å². The van der Waals surface area contributed by atoms with Gasteiger partial charge in [-0.2, -0.15) is 4.98 Å². The van der Waals surface area contributed by atoms with Crippen molar-refractivity contribution in [1.29, 1.82) is 0 Å². The number of nitrogens with one attached hydrogen (secondary N) is 2. The van der Waals surface area contributed by atoms with Crippen molar-refractivity contribution in [2.75, 3.05) is 0 Å². The first-order chi connectivity index (χ1) is 13.0. The molecule has 2 N–H and O–H groups in total. The number of H-pyrrole nitrogens is 1. The Morgan fingerprint density at radius 3 is 2.67 bits per heavy atom. The number of amides is 1. The summed E-state index contributed by atoms with van der Waals surface area (Å²) in [7, 11) is 0. The average Bonchev–Trinajstić information content (AvgIpc) is 3.14. The molecule has 2 aromatic heterocycles. The van der Waals surface area contributed by atoms with Crippen LogP contribution in [-0.4, -0.2) is 26.8 Å². The Kier molecular flexibility index (Phi) is 5.77. The van der Waals surface area contributed by atoms with Crippen LogP contribution in [0.5, 0.6) is 0 Å². The minimum Gasteiger partial charge on any atom is -0.347 e. The van der Waals surface area contributed by atoms with Crippen LogP contribution in [0, 0.1) is 0 Å². The summed E-state index contributed by atoms with van der Waals surface area (Å²) < 4.78 is 5.02. The van der Waals surface area contributed by atoms with E-state index in [1.54, 1.807) is 36.4 Å². The zero-order valence-corrected chi connectivity index (χ0v) is 14.8. The Morgan fingerprint density at radius 2 is 1.93 bits per heavy atom. The van der Waals surface area contributed by atoms with E-state index in [1.807, 2.05) is 0 Å². The number of Topliss-reactive ketones (excluding diaryl/α,β-unsaturated/α-hetero) is 1. The lowest BCUT2D eigenvalue weighted by Crippen LogP contribution is -2.23. The van der Waals surface area contributed by atoms with Gasteiger partial charge in [-0.25, -0.2) is 0 Å². The minimum absolute atomic E-state index is 0.00566. The van der Waals surface area contributed by atoms with Crippen LogP contribution in [0.15, 0.2) is 51.9 Å². The van der Waals surface area contributed by atoms with Gasteiger partial charge < -0.3 is 14.8 Å². The van der Waals surface area contributed by atoms with Gasteiger partial charge in [0.1, 0.15) is 0 Å². The first-order valence-corrected chi connectivity index (χ1v) is 8.47. The Balaban J connectivity index is 1.50. The third-order valence-corrected chi connectivity index (χ3v) is 3.96. The maximum absolute atomic E-state index is 12.0. The van der Waals surface area contributed by atoms with Gasteiger partial charge >= 0.3 is 0 Å². The molecule has 0 fully saturated rings.